The van der Waals surface area contributed by atoms with Gasteiger partial charge < -0.3 is 15.8 Å². The molecular weight excluding hydrogens is 252 g/mol. The van der Waals surface area contributed by atoms with Crippen molar-refractivity contribution in [3.8, 4) is 0 Å². The highest BCUT2D eigenvalue weighted by molar-refractivity contribution is 5.81. The highest BCUT2D eigenvalue weighted by Gasteiger charge is 2.21. The molecule has 20 heavy (non-hydrogen) atoms. The van der Waals surface area contributed by atoms with Gasteiger partial charge in [-0.2, -0.15) is 0 Å². The molecule has 4 heteroatoms. The average molecular weight is 270 g/mol. The van der Waals surface area contributed by atoms with E-state index in [-0.39, 0.29) is 5.97 Å². The van der Waals surface area contributed by atoms with Crippen LogP contribution in [0.1, 0.15) is 17.2 Å². The lowest BCUT2D eigenvalue weighted by atomic mass is 10.1. The third-order valence-electron chi connectivity index (χ3n) is 3.11. The molecule has 0 heterocycles. The van der Waals surface area contributed by atoms with Crippen molar-refractivity contribution >= 4 is 11.7 Å². The Labute approximate surface area is 118 Å². The van der Waals surface area contributed by atoms with Crippen molar-refractivity contribution in [1.82, 2.24) is 0 Å². The Balaban J connectivity index is 2.31. The molecule has 0 radical (unpaired) electrons. The number of anilines is 1. The number of nitrogens with two attached hydrogens (primary N) is 1. The number of benzene rings is 2. The molecule has 0 aliphatic rings. The van der Waals surface area contributed by atoms with Gasteiger partial charge >= 0.3 is 5.97 Å². The van der Waals surface area contributed by atoms with Crippen LogP contribution in [0.3, 0.4) is 0 Å². The second-order valence-corrected chi connectivity index (χ2v) is 4.37. The summed E-state index contributed by atoms with van der Waals surface area (Å²) >= 11 is 0. The number of hydrogen-bond acceptors (Lipinski definition) is 4. The maximum absolute atomic E-state index is 12.0. The lowest BCUT2D eigenvalue weighted by molar-refractivity contribution is -0.141. The minimum Gasteiger partial charge on any atom is -0.467 e. The SMILES string of the molecule is COC(=O)C(Nc1ccccc1CN)c1ccccc1. The van der Waals surface area contributed by atoms with E-state index in [1.807, 2.05) is 54.6 Å². The maximum Gasteiger partial charge on any atom is 0.332 e. The summed E-state index contributed by atoms with van der Waals surface area (Å²) < 4.78 is 4.88. The molecular formula is C16H18N2O2. The van der Waals surface area contributed by atoms with Crippen LogP contribution in [-0.2, 0) is 16.1 Å². The third-order valence-corrected chi connectivity index (χ3v) is 3.11. The zero-order chi connectivity index (χ0) is 14.4. The Morgan fingerprint density at radius 2 is 1.80 bits per heavy atom. The van der Waals surface area contributed by atoms with Gasteiger partial charge in [0.05, 0.1) is 7.11 Å². The topological polar surface area (TPSA) is 64.3 Å². The number of methoxy groups -OCH3 is 1. The van der Waals surface area contributed by atoms with E-state index in [2.05, 4.69) is 5.32 Å². The van der Waals surface area contributed by atoms with Gasteiger partial charge in [0, 0.05) is 12.2 Å². The lowest BCUT2D eigenvalue weighted by Crippen LogP contribution is -2.23. The number of carbonyl (C=O) groups excluding carboxylic acids is 1. The molecule has 0 aromatic heterocycles. The molecule has 0 bridgehead atoms. The van der Waals surface area contributed by atoms with Crippen molar-refractivity contribution in [2.75, 3.05) is 12.4 Å². The fourth-order valence-electron chi connectivity index (χ4n) is 2.04. The van der Waals surface area contributed by atoms with Gasteiger partial charge in [0.25, 0.3) is 0 Å². The molecule has 0 aliphatic heterocycles. The first-order valence-electron chi connectivity index (χ1n) is 6.43. The van der Waals surface area contributed by atoms with Gasteiger partial charge in [-0.25, -0.2) is 4.79 Å². The number of rotatable bonds is 5. The molecule has 2 aromatic carbocycles. The molecule has 0 saturated heterocycles. The van der Waals surface area contributed by atoms with Crippen LogP contribution in [-0.4, -0.2) is 13.1 Å². The van der Waals surface area contributed by atoms with E-state index in [1.165, 1.54) is 7.11 Å². The second-order valence-electron chi connectivity index (χ2n) is 4.37. The van der Waals surface area contributed by atoms with E-state index < -0.39 is 6.04 Å². The zero-order valence-electron chi connectivity index (χ0n) is 11.4. The Morgan fingerprint density at radius 3 is 2.45 bits per heavy atom. The van der Waals surface area contributed by atoms with E-state index >= 15 is 0 Å². The number of carbonyl (C=O) groups is 1. The van der Waals surface area contributed by atoms with E-state index in [9.17, 15) is 4.79 Å². The number of para-hydroxylation sites is 1. The average Bonchev–Trinajstić information content (AvgIpc) is 2.53. The predicted molar refractivity (Wildman–Crippen MR) is 79.2 cm³/mol. The fourth-order valence-corrected chi connectivity index (χ4v) is 2.04. The van der Waals surface area contributed by atoms with Gasteiger partial charge in [0.2, 0.25) is 0 Å². The summed E-state index contributed by atoms with van der Waals surface area (Å²) in [5.74, 6) is -0.331. The molecule has 1 atom stereocenters. The summed E-state index contributed by atoms with van der Waals surface area (Å²) in [6.45, 7) is 0.409. The molecule has 0 amide bonds. The summed E-state index contributed by atoms with van der Waals surface area (Å²) in [4.78, 5) is 12.0. The van der Waals surface area contributed by atoms with Crippen LogP contribution in [0.2, 0.25) is 0 Å². The van der Waals surface area contributed by atoms with Crippen molar-refractivity contribution < 1.29 is 9.53 Å². The highest BCUT2D eigenvalue weighted by Crippen LogP contribution is 2.23. The molecule has 0 fully saturated rings. The Hall–Kier alpha value is -2.33. The third kappa shape index (κ3) is 3.16. The normalized spacial score (nSPS) is 11.7. The Bertz CT molecular complexity index is 570. The van der Waals surface area contributed by atoms with E-state index in [0.717, 1.165) is 16.8 Å². The van der Waals surface area contributed by atoms with Crippen LogP contribution in [0, 0.1) is 0 Å². The standard InChI is InChI=1S/C16H18N2O2/c1-20-16(19)15(12-7-3-2-4-8-12)18-14-10-6-5-9-13(14)11-17/h2-10,15,18H,11,17H2,1H3. The Kier molecular flexibility index (Phi) is 4.74. The van der Waals surface area contributed by atoms with Crippen molar-refractivity contribution in [1.29, 1.82) is 0 Å². The van der Waals surface area contributed by atoms with Gasteiger partial charge in [-0.1, -0.05) is 48.5 Å². The number of nitrogens with one attached hydrogen (secondary N) is 1. The van der Waals surface area contributed by atoms with Gasteiger partial charge in [0.15, 0.2) is 6.04 Å². The molecule has 2 rings (SSSR count). The summed E-state index contributed by atoms with van der Waals surface area (Å²) in [5, 5.41) is 3.21. The zero-order valence-corrected chi connectivity index (χ0v) is 11.4. The molecule has 4 nitrogen and oxygen atoms in total. The maximum atomic E-state index is 12.0. The predicted octanol–water partition coefficient (Wildman–Crippen LogP) is 2.47. The van der Waals surface area contributed by atoms with E-state index in [4.69, 9.17) is 10.5 Å². The minimum atomic E-state index is -0.547. The first-order valence-corrected chi connectivity index (χ1v) is 6.43. The van der Waals surface area contributed by atoms with E-state index in [0.29, 0.717) is 6.54 Å². The minimum absolute atomic E-state index is 0.331. The largest absolute Gasteiger partial charge is 0.467 e. The van der Waals surface area contributed by atoms with Crippen LogP contribution in [0.5, 0.6) is 0 Å². The smallest absolute Gasteiger partial charge is 0.332 e. The van der Waals surface area contributed by atoms with Gasteiger partial charge in [-0.05, 0) is 17.2 Å². The van der Waals surface area contributed by atoms with Crippen molar-refractivity contribution in [3.05, 3.63) is 65.7 Å². The molecule has 0 saturated carbocycles. The van der Waals surface area contributed by atoms with Gasteiger partial charge in [-0.3, -0.25) is 0 Å². The highest BCUT2D eigenvalue weighted by atomic mass is 16.5. The first-order chi connectivity index (χ1) is 9.76. The summed E-state index contributed by atoms with van der Waals surface area (Å²) in [6.07, 6.45) is 0. The van der Waals surface area contributed by atoms with Crippen LogP contribution in [0.4, 0.5) is 5.69 Å². The summed E-state index contributed by atoms with van der Waals surface area (Å²) in [6, 6.07) is 16.6. The summed E-state index contributed by atoms with van der Waals surface area (Å²) in [7, 11) is 1.38. The Morgan fingerprint density at radius 1 is 1.15 bits per heavy atom. The molecule has 3 N–H and O–H groups in total. The van der Waals surface area contributed by atoms with Crippen LogP contribution in [0.25, 0.3) is 0 Å². The first kappa shape index (κ1) is 14.1. The van der Waals surface area contributed by atoms with Crippen molar-refractivity contribution in [3.63, 3.8) is 0 Å². The van der Waals surface area contributed by atoms with Crippen LogP contribution < -0.4 is 11.1 Å². The second kappa shape index (κ2) is 6.73. The van der Waals surface area contributed by atoms with E-state index in [1.54, 1.807) is 0 Å². The van der Waals surface area contributed by atoms with Crippen LogP contribution in [0.15, 0.2) is 54.6 Å². The molecule has 0 spiro atoms. The fraction of sp³-hybridized carbons (Fsp3) is 0.188. The molecule has 2 aromatic rings. The summed E-state index contributed by atoms with van der Waals surface area (Å²) in [5.41, 5.74) is 8.37. The van der Waals surface area contributed by atoms with Crippen LogP contribution >= 0.6 is 0 Å². The monoisotopic (exact) mass is 270 g/mol. The lowest BCUT2D eigenvalue weighted by Gasteiger charge is -2.19. The molecule has 1 unspecified atom stereocenters. The number of esters is 1. The quantitative estimate of drug-likeness (QED) is 0.819. The number of hydrogen-bond donors (Lipinski definition) is 2. The van der Waals surface area contributed by atoms with Gasteiger partial charge in [0.1, 0.15) is 0 Å². The van der Waals surface area contributed by atoms with Crippen molar-refractivity contribution in [2.45, 2.75) is 12.6 Å². The van der Waals surface area contributed by atoms with Gasteiger partial charge in [-0.15, -0.1) is 0 Å². The molecule has 104 valence electrons. The van der Waals surface area contributed by atoms with Crippen molar-refractivity contribution in [2.24, 2.45) is 5.73 Å². The molecule has 0 aliphatic carbocycles. The number of ether oxygens (including phenoxy) is 1.